The lowest BCUT2D eigenvalue weighted by molar-refractivity contribution is -0.144. The minimum absolute atomic E-state index is 0.0503. The van der Waals surface area contributed by atoms with Crippen molar-refractivity contribution in [3.8, 4) is 0 Å². The van der Waals surface area contributed by atoms with Crippen LogP contribution in [0.5, 0.6) is 0 Å². The van der Waals surface area contributed by atoms with Gasteiger partial charge in [-0.1, -0.05) is 0 Å². The molecule has 1 amide bonds. The van der Waals surface area contributed by atoms with Gasteiger partial charge in [0.15, 0.2) is 0 Å². The topological polar surface area (TPSA) is 66.9 Å². The normalized spacial score (nSPS) is 16.6. The second-order valence-corrected chi connectivity index (χ2v) is 4.98. The van der Waals surface area contributed by atoms with Crippen LogP contribution in [0.15, 0.2) is 0 Å². The number of esters is 1. The third-order valence-electron chi connectivity index (χ3n) is 3.35. The molecule has 0 aromatic heterocycles. The standard InChI is InChI=1S/C14H24N2O4/c1-3-20-14(19)6-5-13(18)11-15-7-4-8-16(10-9-15)12(2)17/h3-11H2,1-2H3. The van der Waals surface area contributed by atoms with Gasteiger partial charge in [0, 0.05) is 39.5 Å². The molecule has 0 aromatic rings. The fourth-order valence-electron chi connectivity index (χ4n) is 2.25. The van der Waals surface area contributed by atoms with Gasteiger partial charge in [0.25, 0.3) is 0 Å². The Labute approximate surface area is 120 Å². The molecule has 0 N–H and O–H groups in total. The van der Waals surface area contributed by atoms with Gasteiger partial charge < -0.3 is 9.64 Å². The smallest absolute Gasteiger partial charge is 0.306 e. The molecule has 0 aliphatic carbocycles. The van der Waals surface area contributed by atoms with Crippen LogP contribution >= 0.6 is 0 Å². The van der Waals surface area contributed by atoms with Gasteiger partial charge in [0.2, 0.25) is 5.91 Å². The highest BCUT2D eigenvalue weighted by Gasteiger charge is 2.18. The molecular weight excluding hydrogens is 260 g/mol. The molecule has 0 unspecified atom stereocenters. The molecule has 0 aromatic carbocycles. The predicted octanol–water partition coefficient (Wildman–Crippen LogP) is 0.453. The lowest BCUT2D eigenvalue weighted by Gasteiger charge is -2.20. The molecule has 1 heterocycles. The molecule has 1 fully saturated rings. The van der Waals surface area contributed by atoms with E-state index < -0.39 is 0 Å². The Morgan fingerprint density at radius 2 is 1.80 bits per heavy atom. The number of carbonyl (C=O) groups is 3. The van der Waals surface area contributed by atoms with Gasteiger partial charge in [-0.2, -0.15) is 0 Å². The highest BCUT2D eigenvalue weighted by atomic mass is 16.5. The van der Waals surface area contributed by atoms with E-state index >= 15 is 0 Å². The van der Waals surface area contributed by atoms with Crippen molar-refractivity contribution in [3.05, 3.63) is 0 Å². The van der Waals surface area contributed by atoms with Crippen LogP contribution in [0.25, 0.3) is 0 Å². The predicted molar refractivity (Wildman–Crippen MR) is 74.2 cm³/mol. The van der Waals surface area contributed by atoms with E-state index in [0.29, 0.717) is 26.2 Å². The molecule has 1 rings (SSSR count). The monoisotopic (exact) mass is 284 g/mol. The summed E-state index contributed by atoms with van der Waals surface area (Å²) in [6.45, 7) is 6.96. The number of Topliss-reactive ketones (excluding diaryl/α,β-unsaturated/α-hetero) is 1. The molecule has 0 spiro atoms. The van der Waals surface area contributed by atoms with Gasteiger partial charge in [-0.3, -0.25) is 19.3 Å². The van der Waals surface area contributed by atoms with E-state index in [4.69, 9.17) is 4.74 Å². The van der Waals surface area contributed by atoms with E-state index in [1.165, 1.54) is 0 Å². The number of hydrogen-bond acceptors (Lipinski definition) is 5. The lowest BCUT2D eigenvalue weighted by atomic mass is 10.2. The van der Waals surface area contributed by atoms with Crippen LogP contribution in [0.2, 0.25) is 0 Å². The first-order chi connectivity index (χ1) is 9.52. The zero-order valence-corrected chi connectivity index (χ0v) is 12.4. The van der Waals surface area contributed by atoms with E-state index in [-0.39, 0.29) is 30.5 Å². The molecule has 0 bridgehead atoms. The number of rotatable bonds is 6. The van der Waals surface area contributed by atoms with Crippen LogP contribution < -0.4 is 0 Å². The second kappa shape index (κ2) is 8.68. The maximum Gasteiger partial charge on any atom is 0.306 e. The number of ether oxygens (including phenoxy) is 1. The summed E-state index contributed by atoms with van der Waals surface area (Å²) < 4.78 is 4.79. The van der Waals surface area contributed by atoms with Crippen molar-refractivity contribution in [3.63, 3.8) is 0 Å². The van der Waals surface area contributed by atoms with Crippen LogP contribution in [0.3, 0.4) is 0 Å². The number of carbonyl (C=O) groups excluding carboxylic acids is 3. The molecule has 1 aliphatic rings. The fourth-order valence-corrected chi connectivity index (χ4v) is 2.25. The largest absolute Gasteiger partial charge is 0.466 e. The van der Waals surface area contributed by atoms with Crippen LogP contribution in [-0.2, 0) is 19.1 Å². The Morgan fingerprint density at radius 1 is 1.05 bits per heavy atom. The lowest BCUT2D eigenvalue weighted by Crippen LogP contribution is -2.35. The van der Waals surface area contributed by atoms with Gasteiger partial charge in [-0.25, -0.2) is 0 Å². The second-order valence-electron chi connectivity index (χ2n) is 4.98. The summed E-state index contributed by atoms with van der Waals surface area (Å²) in [5.74, 6) is -0.186. The van der Waals surface area contributed by atoms with Crippen LogP contribution in [0, 0.1) is 0 Å². The minimum Gasteiger partial charge on any atom is -0.466 e. The minimum atomic E-state index is -0.320. The molecule has 0 atom stereocenters. The summed E-state index contributed by atoms with van der Waals surface area (Å²) in [5, 5.41) is 0. The van der Waals surface area contributed by atoms with E-state index in [1.54, 1.807) is 13.8 Å². The zero-order chi connectivity index (χ0) is 15.0. The number of ketones is 1. The first-order valence-corrected chi connectivity index (χ1v) is 7.18. The molecule has 0 saturated carbocycles. The Morgan fingerprint density at radius 3 is 2.45 bits per heavy atom. The highest BCUT2D eigenvalue weighted by Crippen LogP contribution is 2.05. The van der Waals surface area contributed by atoms with E-state index in [1.807, 2.05) is 4.90 Å². The Balaban J connectivity index is 2.28. The van der Waals surface area contributed by atoms with Crippen molar-refractivity contribution in [2.75, 3.05) is 39.3 Å². The summed E-state index contributed by atoms with van der Waals surface area (Å²) in [6.07, 6.45) is 1.26. The van der Waals surface area contributed by atoms with Crippen LogP contribution in [0.1, 0.15) is 33.1 Å². The van der Waals surface area contributed by atoms with Crippen molar-refractivity contribution in [1.29, 1.82) is 0 Å². The quantitative estimate of drug-likeness (QED) is 0.663. The van der Waals surface area contributed by atoms with Gasteiger partial charge in [-0.05, 0) is 13.3 Å². The van der Waals surface area contributed by atoms with Crippen molar-refractivity contribution < 1.29 is 19.1 Å². The van der Waals surface area contributed by atoms with Crippen molar-refractivity contribution in [1.82, 2.24) is 9.80 Å². The van der Waals surface area contributed by atoms with Gasteiger partial charge in [0.05, 0.1) is 19.6 Å². The van der Waals surface area contributed by atoms with Crippen molar-refractivity contribution >= 4 is 17.7 Å². The first-order valence-electron chi connectivity index (χ1n) is 7.18. The van der Waals surface area contributed by atoms with E-state index in [9.17, 15) is 14.4 Å². The van der Waals surface area contributed by atoms with E-state index in [2.05, 4.69) is 4.90 Å². The van der Waals surface area contributed by atoms with Gasteiger partial charge >= 0.3 is 5.97 Å². The number of hydrogen-bond donors (Lipinski definition) is 0. The maximum absolute atomic E-state index is 11.8. The molecule has 6 nitrogen and oxygen atoms in total. The molecule has 114 valence electrons. The van der Waals surface area contributed by atoms with Crippen LogP contribution in [0.4, 0.5) is 0 Å². The third-order valence-corrected chi connectivity index (χ3v) is 3.35. The van der Waals surface area contributed by atoms with Crippen molar-refractivity contribution in [2.24, 2.45) is 0 Å². The zero-order valence-electron chi connectivity index (χ0n) is 12.4. The summed E-state index contributed by atoms with van der Waals surface area (Å²) >= 11 is 0. The Bertz CT molecular complexity index is 357. The highest BCUT2D eigenvalue weighted by molar-refractivity contribution is 5.84. The Hall–Kier alpha value is -1.43. The Kier molecular flexibility index (Phi) is 7.22. The first kappa shape index (κ1) is 16.6. The third kappa shape index (κ3) is 6.14. The summed E-state index contributed by atoms with van der Waals surface area (Å²) in [7, 11) is 0. The van der Waals surface area contributed by atoms with Gasteiger partial charge in [-0.15, -0.1) is 0 Å². The van der Waals surface area contributed by atoms with Crippen LogP contribution in [-0.4, -0.2) is 66.8 Å². The molecule has 6 heteroatoms. The average Bonchev–Trinajstić information content (AvgIpc) is 2.62. The molecule has 20 heavy (non-hydrogen) atoms. The maximum atomic E-state index is 11.8. The van der Waals surface area contributed by atoms with Crippen molar-refractivity contribution in [2.45, 2.75) is 33.1 Å². The summed E-state index contributed by atoms with van der Waals surface area (Å²) in [6, 6.07) is 0. The van der Waals surface area contributed by atoms with E-state index in [0.717, 1.165) is 19.5 Å². The SMILES string of the molecule is CCOC(=O)CCC(=O)CN1CCCN(C(C)=O)CC1. The fraction of sp³-hybridized carbons (Fsp3) is 0.786. The van der Waals surface area contributed by atoms with Gasteiger partial charge in [0.1, 0.15) is 5.78 Å². The summed E-state index contributed by atoms with van der Waals surface area (Å²) in [4.78, 5) is 38.2. The summed E-state index contributed by atoms with van der Waals surface area (Å²) in [5.41, 5.74) is 0. The number of amides is 1. The molecule has 1 aliphatic heterocycles. The molecular formula is C14H24N2O4. The number of nitrogens with zero attached hydrogens (tertiary/aromatic N) is 2. The average molecular weight is 284 g/mol. The molecule has 1 saturated heterocycles. The molecule has 0 radical (unpaired) electrons.